The Morgan fingerprint density at radius 3 is 2.87 bits per heavy atom. The molecule has 0 saturated heterocycles. The van der Waals surface area contributed by atoms with Gasteiger partial charge in [0.25, 0.3) is 0 Å². The normalized spacial score (nSPS) is 10.3. The maximum Gasteiger partial charge on any atom is 0.165 e. The number of hydrogen-bond acceptors (Lipinski definition) is 3. The number of anilines is 1. The molecule has 0 aromatic carbocycles. The Morgan fingerprint density at radius 2 is 2.27 bits per heavy atom. The summed E-state index contributed by atoms with van der Waals surface area (Å²) >= 11 is 0. The minimum absolute atomic E-state index is 0.261. The predicted molar refractivity (Wildman–Crippen MR) is 60.4 cm³/mol. The molecule has 1 rings (SSSR count). The van der Waals surface area contributed by atoms with Crippen molar-refractivity contribution in [2.45, 2.75) is 19.8 Å². The lowest BCUT2D eigenvalue weighted by atomic mass is 10.3. The van der Waals surface area contributed by atoms with Crippen molar-refractivity contribution in [1.82, 2.24) is 4.98 Å². The van der Waals surface area contributed by atoms with E-state index in [0.717, 1.165) is 25.9 Å². The van der Waals surface area contributed by atoms with Crippen LogP contribution < -0.4 is 10.6 Å². The Morgan fingerprint density at radius 1 is 1.47 bits per heavy atom. The van der Waals surface area contributed by atoms with Gasteiger partial charge < -0.3 is 10.6 Å². The van der Waals surface area contributed by atoms with E-state index in [1.54, 1.807) is 12.3 Å². The molecule has 4 heteroatoms. The number of rotatable bonds is 6. The van der Waals surface area contributed by atoms with Gasteiger partial charge in [-0.05, 0) is 31.5 Å². The van der Waals surface area contributed by atoms with E-state index in [1.165, 1.54) is 6.07 Å². The minimum Gasteiger partial charge on any atom is -0.354 e. The summed E-state index contributed by atoms with van der Waals surface area (Å²) in [4.78, 5) is 6.01. The summed E-state index contributed by atoms with van der Waals surface area (Å²) in [6, 6.07) is 3.04. The highest BCUT2D eigenvalue weighted by molar-refractivity contribution is 5.39. The largest absolute Gasteiger partial charge is 0.354 e. The Balaban J connectivity index is 2.74. The highest BCUT2D eigenvalue weighted by Crippen LogP contribution is 2.15. The van der Waals surface area contributed by atoms with E-state index in [-0.39, 0.29) is 5.82 Å². The predicted octanol–water partition coefficient (Wildman–Crippen LogP) is 1.79. The zero-order chi connectivity index (χ0) is 11.1. The molecule has 1 aromatic rings. The van der Waals surface area contributed by atoms with Crippen LogP contribution in [0.2, 0.25) is 0 Å². The molecule has 1 aromatic heterocycles. The van der Waals surface area contributed by atoms with E-state index >= 15 is 0 Å². The Bertz CT molecular complexity index is 291. The SMILES string of the molecule is CCCN(CCCN)c1ncccc1F. The Hall–Kier alpha value is -1.16. The molecule has 84 valence electrons. The van der Waals surface area contributed by atoms with Crippen LogP contribution in [0.4, 0.5) is 10.2 Å². The van der Waals surface area contributed by atoms with Gasteiger partial charge in [-0.1, -0.05) is 6.92 Å². The van der Waals surface area contributed by atoms with Gasteiger partial charge in [0, 0.05) is 19.3 Å². The summed E-state index contributed by atoms with van der Waals surface area (Å²) in [5, 5.41) is 0. The fourth-order valence-corrected chi connectivity index (χ4v) is 1.49. The average molecular weight is 211 g/mol. The van der Waals surface area contributed by atoms with Crippen LogP contribution >= 0.6 is 0 Å². The fourth-order valence-electron chi connectivity index (χ4n) is 1.49. The summed E-state index contributed by atoms with van der Waals surface area (Å²) in [5.74, 6) is 0.177. The van der Waals surface area contributed by atoms with Crippen LogP contribution in [-0.2, 0) is 0 Å². The van der Waals surface area contributed by atoms with Gasteiger partial charge in [-0.2, -0.15) is 0 Å². The molecule has 2 N–H and O–H groups in total. The molecule has 0 unspecified atom stereocenters. The number of aromatic nitrogens is 1. The van der Waals surface area contributed by atoms with Crippen molar-refractivity contribution in [2.24, 2.45) is 5.73 Å². The van der Waals surface area contributed by atoms with Crippen molar-refractivity contribution in [2.75, 3.05) is 24.5 Å². The first-order valence-electron chi connectivity index (χ1n) is 5.35. The quantitative estimate of drug-likeness (QED) is 0.780. The minimum atomic E-state index is -0.261. The van der Waals surface area contributed by atoms with E-state index in [9.17, 15) is 4.39 Å². The maximum absolute atomic E-state index is 13.5. The second kappa shape index (κ2) is 6.35. The molecule has 0 atom stereocenters. The molecule has 0 fully saturated rings. The molecular weight excluding hydrogens is 193 g/mol. The van der Waals surface area contributed by atoms with Crippen molar-refractivity contribution >= 4 is 5.82 Å². The fraction of sp³-hybridized carbons (Fsp3) is 0.545. The first kappa shape index (κ1) is 11.9. The lowest BCUT2D eigenvalue weighted by Crippen LogP contribution is -2.28. The zero-order valence-corrected chi connectivity index (χ0v) is 9.12. The molecule has 0 amide bonds. The molecule has 3 nitrogen and oxygen atoms in total. The van der Waals surface area contributed by atoms with E-state index in [0.29, 0.717) is 12.4 Å². The third kappa shape index (κ3) is 3.47. The van der Waals surface area contributed by atoms with Gasteiger partial charge in [0.05, 0.1) is 0 Å². The molecule has 0 aliphatic rings. The van der Waals surface area contributed by atoms with Crippen LogP contribution in [0.5, 0.6) is 0 Å². The number of nitrogens with two attached hydrogens (primary N) is 1. The summed E-state index contributed by atoms with van der Waals surface area (Å²) < 4.78 is 13.5. The lowest BCUT2D eigenvalue weighted by molar-refractivity contribution is 0.602. The average Bonchev–Trinajstić information content (AvgIpc) is 2.25. The van der Waals surface area contributed by atoms with Gasteiger partial charge in [-0.15, -0.1) is 0 Å². The van der Waals surface area contributed by atoms with E-state index in [4.69, 9.17) is 5.73 Å². The van der Waals surface area contributed by atoms with Gasteiger partial charge in [-0.3, -0.25) is 0 Å². The number of halogens is 1. The summed E-state index contributed by atoms with van der Waals surface area (Å²) in [7, 11) is 0. The van der Waals surface area contributed by atoms with Crippen molar-refractivity contribution in [3.63, 3.8) is 0 Å². The number of nitrogens with zero attached hydrogens (tertiary/aromatic N) is 2. The van der Waals surface area contributed by atoms with E-state index in [1.807, 2.05) is 4.90 Å². The molecule has 15 heavy (non-hydrogen) atoms. The van der Waals surface area contributed by atoms with Gasteiger partial charge in [0.1, 0.15) is 0 Å². The van der Waals surface area contributed by atoms with Crippen LogP contribution in [0.25, 0.3) is 0 Å². The second-order valence-electron chi connectivity index (χ2n) is 3.44. The van der Waals surface area contributed by atoms with Crippen LogP contribution in [0.3, 0.4) is 0 Å². The third-order valence-electron chi connectivity index (χ3n) is 2.16. The van der Waals surface area contributed by atoms with Crippen molar-refractivity contribution in [1.29, 1.82) is 0 Å². The van der Waals surface area contributed by atoms with Crippen molar-refractivity contribution < 1.29 is 4.39 Å². The molecule has 0 aliphatic heterocycles. The first-order chi connectivity index (χ1) is 7.29. The summed E-state index contributed by atoms with van der Waals surface area (Å²) in [5.41, 5.74) is 5.45. The second-order valence-corrected chi connectivity index (χ2v) is 3.44. The molecule has 0 saturated carbocycles. The van der Waals surface area contributed by atoms with E-state index < -0.39 is 0 Å². The number of pyridine rings is 1. The molecule has 0 bridgehead atoms. The summed E-state index contributed by atoms with van der Waals surface area (Å²) in [6.45, 7) is 4.26. The molecule has 1 heterocycles. The lowest BCUT2D eigenvalue weighted by Gasteiger charge is -2.23. The Kier molecular flexibility index (Phi) is 5.04. The highest BCUT2D eigenvalue weighted by Gasteiger charge is 2.10. The van der Waals surface area contributed by atoms with Crippen LogP contribution in [0, 0.1) is 5.82 Å². The highest BCUT2D eigenvalue weighted by atomic mass is 19.1. The third-order valence-corrected chi connectivity index (χ3v) is 2.16. The topological polar surface area (TPSA) is 42.1 Å². The van der Waals surface area contributed by atoms with Gasteiger partial charge in [-0.25, -0.2) is 9.37 Å². The van der Waals surface area contributed by atoms with Crippen LogP contribution in [0.1, 0.15) is 19.8 Å². The molecule has 0 spiro atoms. The number of hydrogen-bond donors (Lipinski definition) is 1. The first-order valence-corrected chi connectivity index (χ1v) is 5.35. The summed E-state index contributed by atoms with van der Waals surface area (Å²) in [6.07, 6.45) is 3.44. The maximum atomic E-state index is 13.5. The van der Waals surface area contributed by atoms with Gasteiger partial charge >= 0.3 is 0 Å². The Labute approximate surface area is 90.1 Å². The zero-order valence-electron chi connectivity index (χ0n) is 9.12. The standard InChI is InChI=1S/C11H18FN3/c1-2-8-15(9-4-6-13)11-10(12)5-3-7-14-11/h3,5,7H,2,4,6,8-9,13H2,1H3. The van der Waals surface area contributed by atoms with Gasteiger partial charge in [0.2, 0.25) is 0 Å². The van der Waals surface area contributed by atoms with Crippen LogP contribution in [-0.4, -0.2) is 24.6 Å². The van der Waals surface area contributed by atoms with Crippen molar-refractivity contribution in [3.8, 4) is 0 Å². The smallest absolute Gasteiger partial charge is 0.165 e. The van der Waals surface area contributed by atoms with Crippen LogP contribution in [0.15, 0.2) is 18.3 Å². The van der Waals surface area contributed by atoms with Crippen molar-refractivity contribution in [3.05, 3.63) is 24.1 Å². The van der Waals surface area contributed by atoms with E-state index in [2.05, 4.69) is 11.9 Å². The molecule has 0 aliphatic carbocycles. The monoisotopic (exact) mass is 211 g/mol. The molecule has 0 radical (unpaired) electrons. The molecular formula is C11H18FN3. The van der Waals surface area contributed by atoms with Gasteiger partial charge in [0.15, 0.2) is 11.6 Å².